The standard InChI is InChI=1S/C13H19N3O/c1-9(8-14)13(17)16-11-4-5-12-10(7-11)3-2-6-15-12/h4-5,7,9,15H,2-3,6,8,14H2,1H3,(H,16,17). The Morgan fingerprint density at radius 2 is 2.41 bits per heavy atom. The van der Waals surface area contributed by atoms with Crippen LogP contribution >= 0.6 is 0 Å². The molecule has 4 heteroatoms. The molecule has 0 spiro atoms. The summed E-state index contributed by atoms with van der Waals surface area (Å²) in [4.78, 5) is 11.7. The number of hydrogen-bond acceptors (Lipinski definition) is 3. The lowest BCUT2D eigenvalue weighted by molar-refractivity contribution is -0.119. The molecule has 1 unspecified atom stereocenters. The van der Waals surface area contributed by atoms with E-state index in [0.29, 0.717) is 6.54 Å². The topological polar surface area (TPSA) is 67.2 Å². The third-order valence-electron chi connectivity index (χ3n) is 3.11. The van der Waals surface area contributed by atoms with Gasteiger partial charge in [-0.1, -0.05) is 6.92 Å². The van der Waals surface area contributed by atoms with Crippen molar-refractivity contribution >= 4 is 17.3 Å². The minimum atomic E-state index is -0.149. The number of amides is 1. The summed E-state index contributed by atoms with van der Waals surface area (Å²) in [5.74, 6) is -0.166. The molecular weight excluding hydrogens is 214 g/mol. The van der Waals surface area contributed by atoms with Gasteiger partial charge in [-0.15, -0.1) is 0 Å². The van der Waals surface area contributed by atoms with Crippen LogP contribution in [-0.2, 0) is 11.2 Å². The maximum Gasteiger partial charge on any atom is 0.228 e. The summed E-state index contributed by atoms with van der Waals surface area (Å²) in [6.07, 6.45) is 2.21. The molecule has 1 amide bonds. The lowest BCUT2D eigenvalue weighted by Crippen LogP contribution is -2.26. The first-order valence-corrected chi connectivity index (χ1v) is 6.08. The highest BCUT2D eigenvalue weighted by Gasteiger charge is 2.13. The lowest BCUT2D eigenvalue weighted by Gasteiger charge is -2.19. The highest BCUT2D eigenvalue weighted by molar-refractivity contribution is 5.92. The van der Waals surface area contributed by atoms with E-state index < -0.39 is 0 Å². The summed E-state index contributed by atoms with van der Waals surface area (Å²) in [5.41, 5.74) is 8.78. The van der Waals surface area contributed by atoms with Crippen molar-refractivity contribution < 1.29 is 4.79 Å². The zero-order valence-corrected chi connectivity index (χ0v) is 10.1. The Morgan fingerprint density at radius 3 is 3.18 bits per heavy atom. The van der Waals surface area contributed by atoms with Crippen LogP contribution in [0.4, 0.5) is 11.4 Å². The van der Waals surface area contributed by atoms with Crippen molar-refractivity contribution in [3.05, 3.63) is 23.8 Å². The van der Waals surface area contributed by atoms with Gasteiger partial charge in [-0.25, -0.2) is 0 Å². The molecular formula is C13H19N3O. The van der Waals surface area contributed by atoms with Gasteiger partial charge >= 0.3 is 0 Å². The quantitative estimate of drug-likeness (QED) is 0.742. The Morgan fingerprint density at radius 1 is 1.59 bits per heavy atom. The van der Waals surface area contributed by atoms with Crippen molar-refractivity contribution in [1.82, 2.24) is 0 Å². The van der Waals surface area contributed by atoms with E-state index in [0.717, 1.165) is 25.1 Å². The third-order valence-corrected chi connectivity index (χ3v) is 3.11. The van der Waals surface area contributed by atoms with Crippen LogP contribution in [0.1, 0.15) is 18.9 Å². The average molecular weight is 233 g/mol. The number of aryl methyl sites for hydroxylation is 1. The van der Waals surface area contributed by atoms with Gasteiger partial charge in [0.25, 0.3) is 0 Å². The number of fused-ring (bicyclic) bond motifs is 1. The summed E-state index contributed by atoms with van der Waals surface area (Å²) in [6, 6.07) is 6.00. The van der Waals surface area contributed by atoms with Gasteiger partial charge in [0.05, 0.1) is 0 Å². The second-order valence-corrected chi connectivity index (χ2v) is 4.53. The Kier molecular flexibility index (Phi) is 3.64. The van der Waals surface area contributed by atoms with E-state index in [-0.39, 0.29) is 11.8 Å². The normalized spacial score (nSPS) is 15.6. The summed E-state index contributed by atoms with van der Waals surface area (Å²) in [7, 11) is 0. The molecule has 1 atom stereocenters. The van der Waals surface area contributed by atoms with Crippen LogP contribution in [0.5, 0.6) is 0 Å². The lowest BCUT2D eigenvalue weighted by atomic mass is 10.0. The van der Waals surface area contributed by atoms with E-state index in [2.05, 4.69) is 10.6 Å². The predicted molar refractivity (Wildman–Crippen MR) is 70.1 cm³/mol. The van der Waals surface area contributed by atoms with Gasteiger partial charge in [0.1, 0.15) is 0 Å². The second-order valence-electron chi connectivity index (χ2n) is 4.53. The number of carbonyl (C=O) groups is 1. The maximum absolute atomic E-state index is 11.7. The van der Waals surface area contributed by atoms with Crippen molar-refractivity contribution in [1.29, 1.82) is 0 Å². The smallest absolute Gasteiger partial charge is 0.228 e. The number of nitrogens with two attached hydrogens (primary N) is 1. The van der Waals surface area contributed by atoms with Gasteiger partial charge in [-0.3, -0.25) is 4.79 Å². The zero-order chi connectivity index (χ0) is 12.3. The van der Waals surface area contributed by atoms with Crippen LogP contribution in [0.2, 0.25) is 0 Å². The Hall–Kier alpha value is -1.55. The SMILES string of the molecule is CC(CN)C(=O)Nc1ccc2c(c1)CCCN2. The Balaban J connectivity index is 2.09. The molecule has 1 aliphatic heterocycles. The van der Waals surface area contributed by atoms with Gasteiger partial charge in [0.2, 0.25) is 5.91 Å². The van der Waals surface area contributed by atoms with Crippen molar-refractivity contribution in [2.24, 2.45) is 11.7 Å². The molecule has 0 aliphatic carbocycles. The number of rotatable bonds is 3. The molecule has 0 saturated heterocycles. The monoisotopic (exact) mass is 233 g/mol. The molecule has 4 nitrogen and oxygen atoms in total. The number of hydrogen-bond donors (Lipinski definition) is 3. The fourth-order valence-corrected chi connectivity index (χ4v) is 1.93. The van der Waals surface area contributed by atoms with Crippen molar-refractivity contribution in [2.75, 3.05) is 23.7 Å². The molecule has 4 N–H and O–H groups in total. The predicted octanol–water partition coefficient (Wildman–Crippen LogP) is 1.58. The highest BCUT2D eigenvalue weighted by atomic mass is 16.1. The van der Waals surface area contributed by atoms with E-state index in [1.54, 1.807) is 0 Å². The number of anilines is 2. The van der Waals surface area contributed by atoms with Crippen LogP contribution in [0.3, 0.4) is 0 Å². The second kappa shape index (κ2) is 5.19. The first-order valence-electron chi connectivity index (χ1n) is 6.08. The van der Waals surface area contributed by atoms with Crippen LogP contribution < -0.4 is 16.4 Å². The molecule has 17 heavy (non-hydrogen) atoms. The largest absolute Gasteiger partial charge is 0.385 e. The molecule has 2 rings (SSSR count). The molecule has 0 fully saturated rings. The summed E-state index contributed by atoms with van der Waals surface area (Å²) in [6.45, 7) is 3.23. The summed E-state index contributed by atoms with van der Waals surface area (Å²) >= 11 is 0. The average Bonchev–Trinajstić information content (AvgIpc) is 2.37. The minimum absolute atomic E-state index is 0.0174. The van der Waals surface area contributed by atoms with E-state index in [1.165, 1.54) is 11.3 Å². The van der Waals surface area contributed by atoms with Gasteiger partial charge in [-0.05, 0) is 36.6 Å². The number of nitrogens with one attached hydrogen (secondary N) is 2. The van der Waals surface area contributed by atoms with Crippen molar-refractivity contribution in [3.8, 4) is 0 Å². The van der Waals surface area contributed by atoms with E-state index in [4.69, 9.17) is 5.73 Å². The van der Waals surface area contributed by atoms with Crippen LogP contribution in [0.25, 0.3) is 0 Å². The molecule has 0 aromatic heterocycles. The van der Waals surface area contributed by atoms with Crippen molar-refractivity contribution in [3.63, 3.8) is 0 Å². The Labute approximate surface area is 102 Å². The van der Waals surface area contributed by atoms with Gasteiger partial charge in [0, 0.05) is 30.4 Å². The van der Waals surface area contributed by atoms with Gasteiger partial charge in [0.15, 0.2) is 0 Å². The van der Waals surface area contributed by atoms with E-state index >= 15 is 0 Å². The highest BCUT2D eigenvalue weighted by Crippen LogP contribution is 2.25. The molecule has 1 aromatic carbocycles. The minimum Gasteiger partial charge on any atom is -0.385 e. The molecule has 1 heterocycles. The number of benzene rings is 1. The fraction of sp³-hybridized carbons (Fsp3) is 0.462. The molecule has 0 saturated carbocycles. The first kappa shape index (κ1) is 11.9. The van der Waals surface area contributed by atoms with E-state index in [9.17, 15) is 4.79 Å². The van der Waals surface area contributed by atoms with Gasteiger partial charge in [-0.2, -0.15) is 0 Å². The molecule has 1 aliphatic rings. The van der Waals surface area contributed by atoms with Crippen LogP contribution in [0, 0.1) is 5.92 Å². The van der Waals surface area contributed by atoms with Crippen LogP contribution in [-0.4, -0.2) is 19.0 Å². The van der Waals surface area contributed by atoms with Crippen LogP contribution in [0.15, 0.2) is 18.2 Å². The molecule has 0 radical (unpaired) electrons. The fourth-order valence-electron chi connectivity index (χ4n) is 1.93. The van der Waals surface area contributed by atoms with E-state index in [1.807, 2.05) is 25.1 Å². The summed E-state index contributed by atoms with van der Waals surface area (Å²) in [5, 5.41) is 6.24. The molecule has 1 aromatic rings. The Bertz CT molecular complexity index is 417. The maximum atomic E-state index is 11.7. The number of carbonyl (C=O) groups excluding carboxylic acids is 1. The molecule has 92 valence electrons. The van der Waals surface area contributed by atoms with Gasteiger partial charge < -0.3 is 16.4 Å². The summed E-state index contributed by atoms with van der Waals surface area (Å²) < 4.78 is 0. The molecule has 0 bridgehead atoms. The first-order chi connectivity index (χ1) is 8.20. The zero-order valence-electron chi connectivity index (χ0n) is 10.1. The third kappa shape index (κ3) is 2.77. The van der Waals surface area contributed by atoms with Crippen molar-refractivity contribution in [2.45, 2.75) is 19.8 Å².